The van der Waals surface area contributed by atoms with Crippen LogP contribution in [0, 0.1) is 23.2 Å². The van der Waals surface area contributed by atoms with Crippen molar-refractivity contribution in [2.75, 3.05) is 5.32 Å². The highest BCUT2D eigenvalue weighted by atomic mass is 32.1. The lowest BCUT2D eigenvalue weighted by Crippen LogP contribution is -2.48. The van der Waals surface area contributed by atoms with Crippen LogP contribution in [0.4, 0.5) is 5.13 Å². The van der Waals surface area contributed by atoms with Gasteiger partial charge < -0.3 is 5.32 Å². The summed E-state index contributed by atoms with van der Waals surface area (Å²) in [5.41, 5.74) is -0.121. The highest BCUT2D eigenvalue weighted by molar-refractivity contribution is 7.15. The molecule has 120 valence electrons. The number of amides is 1. The Kier molecular flexibility index (Phi) is 3.16. The number of nitrogens with one attached hydrogen (secondary N) is 1. The van der Waals surface area contributed by atoms with Gasteiger partial charge in [-0.25, -0.2) is 0 Å². The van der Waals surface area contributed by atoms with Gasteiger partial charge in [0, 0.05) is 10.8 Å². The van der Waals surface area contributed by atoms with Gasteiger partial charge in [-0.15, -0.1) is 10.2 Å². The molecule has 1 amide bonds. The third-order valence-corrected chi connectivity index (χ3v) is 6.90. The zero-order chi connectivity index (χ0) is 15.5. The van der Waals surface area contributed by atoms with Crippen molar-refractivity contribution in [2.24, 2.45) is 23.2 Å². The van der Waals surface area contributed by atoms with Gasteiger partial charge in [0.25, 0.3) is 0 Å². The summed E-state index contributed by atoms with van der Waals surface area (Å²) in [6.07, 6.45) is 8.19. The van der Waals surface area contributed by atoms with Crippen LogP contribution in [0.25, 0.3) is 0 Å². The van der Waals surface area contributed by atoms with Crippen LogP contribution in [-0.2, 0) is 10.2 Å². The summed E-state index contributed by atoms with van der Waals surface area (Å²) in [4.78, 5) is 12.1. The summed E-state index contributed by atoms with van der Waals surface area (Å²) in [7, 11) is 0. The largest absolute Gasteiger partial charge is 0.300 e. The lowest BCUT2D eigenvalue weighted by Gasteiger charge is -2.55. The Hall–Kier alpha value is -0.970. The molecule has 5 heteroatoms. The Labute approximate surface area is 136 Å². The predicted molar refractivity (Wildman–Crippen MR) is 87.8 cm³/mol. The summed E-state index contributed by atoms with van der Waals surface area (Å²) in [5, 5.41) is 13.5. The summed E-state index contributed by atoms with van der Waals surface area (Å²) in [6.45, 7) is 5.76. The van der Waals surface area contributed by atoms with Crippen molar-refractivity contribution in [3.8, 4) is 0 Å². The van der Waals surface area contributed by atoms with E-state index in [9.17, 15) is 4.79 Å². The molecule has 4 aliphatic carbocycles. The molecule has 5 rings (SSSR count). The van der Waals surface area contributed by atoms with Crippen LogP contribution in [-0.4, -0.2) is 16.1 Å². The van der Waals surface area contributed by atoms with E-state index in [1.54, 1.807) is 11.3 Å². The SMILES string of the molecule is CC(C)(C)C(=O)Nc1nnc(C23CC4CC(CC(C4)C2)C3)s1. The standard InChI is InChI=1S/C17H25N3OS/c1-16(2,3)13(21)18-15-20-19-14(22-15)17-7-10-4-11(8-17)6-12(5-10)9-17/h10-12H,4-9H2,1-3H3,(H,18,20,21). The van der Waals surface area contributed by atoms with Gasteiger partial charge in [0.15, 0.2) is 0 Å². The predicted octanol–water partition coefficient (Wildman–Crippen LogP) is 3.99. The molecule has 1 aromatic heterocycles. The third-order valence-electron chi connectivity index (χ3n) is 5.82. The molecule has 0 spiro atoms. The van der Waals surface area contributed by atoms with Crippen LogP contribution in [0.1, 0.15) is 64.3 Å². The molecule has 22 heavy (non-hydrogen) atoms. The Bertz CT molecular complexity index is 566. The molecule has 4 nitrogen and oxygen atoms in total. The van der Waals surface area contributed by atoms with Crippen molar-refractivity contribution in [3.05, 3.63) is 5.01 Å². The molecule has 1 heterocycles. The molecule has 0 aromatic carbocycles. The molecule has 0 unspecified atom stereocenters. The van der Waals surface area contributed by atoms with Crippen LogP contribution in [0.2, 0.25) is 0 Å². The number of carbonyl (C=O) groups excluding carboxylic acids is 1. The lowest BCUT2D eigenvalue weighted by molar-refractivity contribution is -0.123. The summed E-state index contributed by atoms with van der Waals surface area (Å²) in [5.74, 6) is 2.73. The molecular formula is C17H25N3OS. The van der Waals surface area contributed by atoms with Crippen LogP contribution < -0.4 is 5.32 Å². The maximum atomic E-state index is 12.1. The topological polar surface area (TPSA) is 54.9 Å². The average molecular weight is 319 g/mol. The van der Waals surface area contributed by atoms with E-state index >= 15 is 0 Å². The second kappa shape index (κ2) is 4.76. The van der Waals surface area contributed by atoms with Crippen LogP contribution in [0.5, 0.6) is 0 Å². The van der Waals surface area contributed by atoms with Gasteiger partial charge in [-0.3, -0.25) is 4.79 Å². The van der Waals surface area contributed by atoms with Crippen molar-refractivity contribution in [2.45, 2.75) is 64.7 Å². The van der Waals surface area contributed by atoms with Crippen molar-refractivity contribution in [3.63, 3.8) is 0 Å². The van der Waals surface area contributed by atoms with Crippen LogP contribution >= 0.6 is 11.3 Å². The molecule has 4 fully saturated rings. The van der Waals surface area contributed by atoms with Gasteiger partial charge in [0.2, 0.25) is 11.0 Å². The first-order valence-corrected chi connectivity index (χ1v) is 9.31. The second-order valence-electron chi connectivity index (χ2n) is 8.81. The molecule has 4 saturated carbocycles. The van der Waals surface area contributed by atoms with Gasteiger partial charge in [0.1, 0.15) is 5.01 Å². The average Bonchev–Trinajstić information content (AvgIpc) is 2.85. The van der Waals surface area contributed by atoms with Gasteiger partial charge >= 0.3 is 0 Å². The van der Waals surface area contributed by atoms with Gasteiger partial charge in [-0.2, -0.15) is 0 Å². The fourth-order valence-corrected chi connectivity index (χ4v) is 6.10. The first-order valence-electron chi connectivity index (χ1n) is 8.49. The molecule has 4 aliphatic rings. The number of carbonyl (C=O) groups is 1. The van der Waals surface area contributed by atoms with Gasteiger partial charge in [-0.1, -0.05) is 32.1 Å². The van der Waals surface area contributed by atoms with E-state index in [1.807, 2.05) is 20.8 Å². The quantitative estimate of drug-likeness (QED) is 0.896. The lowest BCUT2D eigenvalue weighted by atomic mass is 9.50. The maximum Gasteiger partial charge on any atom is 0.231 e. The highest BCUT2D eigenvalue weighted by Crippen LogP contribution is 2.61. The van der Waals surface area contributed by atoms with E-state index in [0.717, 1.165) is 17.8 Å². The van der Waals surface area contributed by atoms with E-state index in [4.69, 9.17) is 0 Å². The van der Waals surface area contributed by atoms with Crippen molar-refractivity contribution >= 4 is 22.4 Å². The van der Waals surface area contributed by atoms with Crippen molar-refractivity contribution in [1.82, 2.24) is 10.2 Å². The molecule has 1 N–H and O–H groups in total. The zero-order valence-corrected chi connectivity index (χ0v) is 14.5. The molecule has 0 radical (unpaired) electrons. The normalized spacial score (nSPS) is 36.6. The number of anilines is 1. The highest BCUT2D eigenvalue weighted by Gasteiger charge is 2.53. The number of aromatic nitrogens is 2. The van der Waals surface area contributed by atoms with E-state index < -0.39 is 5.41 Å². The molecule has 0 aliphatic heterocycles. The van der Waals surface area contributed by atoms with Gasteiger partial charge in [0.05, 0.1) is 0 Å². The van der Waals surface area contributed by atoms with Crippen molar-refractivity contribution < 1.29 is 4.79 Å². The van der Waals surface area contributed by atoms with Crippen LogP contribution in [0.15, 0.2) is 0 Å². The van der Waals surface area contributed by atoms with E-state index in [1.165, 1.54) is 43.5 Å². The second-order valence-corrected chi connectivity index (χ2v) is 9.79. The number of hydrogen-bond donors (Lipinski definition) is 1. The molecular weight excluding hydrogens is 294 g/mol. The Morgan fingerprint density at radius 2 is 1.64 bits per heavy atom. The maximum absolute atomic E-state index is 12.1. The Morgan fingerprint density at radius 1 is 1.09 bits per heavy atom. The minimum absolute atomic E-state index is 0.0145. The van der Waals surface area contributed by atoms with Gasteiger partial charge in [-0.05, 0) is 56.3 Å². The fraction of sp³-hybridized carbons (Fsp3) is 0.824. The smallest absolute Gasteiger partial charge is 0.231 e. The van der Waals surface area contributed by atoms with E-state index in [0.29, 0.717) is 5.13 Å². The molecule has 0 saturated heterocycles. The van der Waals surface area contributed by atoms with Crippen molar-refractivity contribution in [1.29, 1.82) is 0 Å². The molecule has 4 bridgehead atoms. The van der Waals surface area contributed by atoms with Crippen LogP contribution in [0.3, 0.4) is 0 Å². The number of nitrogens with zero attached hydrogens (tertiary/aromatic N) is 2. The Morgan fingerprint density at radius 3 is 2.14 bits per heavy atom. The minimum atomic E-state index is -0.396. The molecule has 0 atom stereocenters. The summed E-state index contributed by atoms with van der Waals surface area (Å²) in [6, 6.07) is 0. The number of rotatable bonds is 2. The zero-order valence-electron chi connectivity index (χ0n) is 13.7. The monoisotopic (exact) mass is 319 g/mol. The van der Waals surface area contributed by atoms with E-state index in [-0.39, 0.29) is 11.3 Å². The summed E-state index contributed by atoms with van der Waals surface area (Å²) < 4.78 is 0. The minimum Gasteiger partial charge on any atom is -0.300 e. The third kappa shape index (κ3) is 2.38. The number of hydrogen-bond acceptors (Lipinski definition) is 4. The first kappa shape index (κ1) is 14.6. The molecule has 1 aromatic rings. The Balaban J connectivity index is 1.56. The first-order chi connectivity index (χ1) is 10.3. The summed E-state index contributed by atoms with van der Waals surface area (Å²) >= 11 is 1.61. The fourth-order valence-electron chi connectivity index (χ4n) is 5.15. The van der Waals surface area contributed by atoms with E-state index in [2.05, 4.69) is 15.5 Å².